The van der Waals surface area contributed by atoms with Crippen LogP contribution in [0.25, 0.3) is 0 Å². The van der Waals surface area contributed by atoms with E-state index in [2.05, 4.69) is 0 Å². The molecule has 1 aromatic rings. The Morgan fingerprint density at radius 1 is 1.24 bits per heavy atom. The molecule has 0 aliphatic rings. The molecule has 21 heavy (non-hydrogen) atoms. The van der Waals surface area contributed by atoms with Gasteiger partial charge in [-0.1, -0.05) is 0 Å². The quantitative estimate of drug-likeness (QED) is 0.748. The first kappa shape index (κ1) is 17.0. The number of benzene rings is 1. The second-order valence-corrected chi connectivity index (χ2v) is 4.80. The standard InChI is InChI=1S/C16H23NO4/c1-4-17(5-2)15(18)7-6-10-21-13-8-9-14(16(19)20)12(3)11-13/h8-9,11H,4-7,10H2,1-3H3,(H,19,20). The maximum absolute atomic E-state index is 11.8. The third kappa shape index (κ3) is 5.10. The molecule has 0 aliphatic carbocycles. The van der Waals surface area contributed by atoms with Gasteiger partial charge in [0, 0.05) is 19.5 Å². The van der Waals surface area contributed by atoms with Crippen molar-refractivity contribution in [2.24, 2.45) is 0 Å². The topological polar surface area (TPSA) is 66.8 Å². The van der Waals surface area contributed by atoms with Crippen molar-refractivity contribution in [3.8, 4) is 5.75 Å². The van der Waals surface area contributed by atoms with Gasteiger partial charge in [-0.05, 0) is 51.0 Å². The average Bonchev–Trinajstić information content (AvgIpc) is 2.44. The minimum Gasteiger partial charge on any atom is -0.494 e. The molecule has 0 saturated carbocycles. The predicted molar refractivity (Wildman–Crippen MR) is 80.8 cm³/mol. The third-order valence-electron chi connectivity index (χ3n) is 3.35. The van der Waals surface area contributed by atoms with E-state index >= 15 is 0 Å². The maximum atomic E-state index is 11.8. The lowest BCUT2D eigenvalue weighted by Gasteiger charge is -2.18. The second kappa shape index (κ2) is 8.29. The molecule has 1 amide bonds. The number of carbonyl (C=O) groups is 2. The number of ether oxygens (including phenoxy) is 1. The molecule has 1 aromatic carbocycles. The number of hydrogen-bond donors (Lipinski definition) is 1. The van der Waals surface area contributed by atoms with Gasteiger partial charge in [0.15, 0.2) is 0 Å². The Bertz CT molecular complexity index is 495. The molecule has 116 valence electrons. The summed E-state index contributed by atoms with van der Waals surface area (Å²) in [6, 6.07) is 4.88. The third-order valence-corrected chi connectivity index (χ3v) is 3.35. The van der Waals surface area contributed by atoms with Crippen molar-refractivity contribution in [1.29, 1.82) is 0 Å². The Morgan fingerprint density at radius 3 is 2.43 bits per heavy atom. The summed E-state index contributed by atoms with van der Waals surface area (Å²) in [6.45, 7) is 7.56. The summed E-state index contributed by atoms with van der Waals surface area (Å²) < 4.78 is 5.56. The van der Waals surface area contributed by atoms with Gasteiger partial charge in [-0.25, -0.2) is 4.79 Å². The molecular weight excluding hydrogens is 270 g/mol. The monoisotopic (exact) mass is 293 g/mol. The van der Waals surface area contributed by atoms with Crippen molar-refractivity contribution in [2.75, 3.05) is 19.7 Å². The number of carboxylic acid groups (broad SMARTS) is 1. The molecule has 1 N–H and O–H groups in total. The van der Waals surface area contributed by atoms with E-state index in [0.29, 0.717) is 30.8 Å². The van der Waals surface area contributed by atoms with Crippen LogP contribution in [0.15, 0.2) is 18.2 Å². The fourth-order valence-electron chi connectivity index (χ4n) is 2.11. The number of rotatable bonds is 8. The van der Waals surface area contributed by atoms with E-state index in [4.69, 9.17) is 9.84 Å². The molecular formula is C16H23NO4. The number of amides is 1. The zero-order valence-electron chi connectivity index (χ0n) is 12.9. The van der Waals surface area contributed by atoms with Crippen LogP contribution in [-0.2, 0) is 4.79 Å². The number of nitrogens with zero attached hydrogens (tertiary/aromatic N) is 1. The lowest BCUT2D eigenvalue weighted by molar-refractivity contribution is -0.131. The molecule has 0 unspecified atom stereocenters. The van der Waals surface area contributed by atoms with Crippen molar-refractivity contribution < 1.29 is 19.4 Å². The van der Waals surface area contributed by atoms with E-state index in [1.54, 1.807) is 24.0 Å². The molecule has 0 radical (unpaired) electrons. The molecule has 0 saturated heterocycles. The van der Waals surface area contributed by atoms with Crippen LogP contribution < -0.4 is 4.74 Å². The Kier molecular flexibility index (Phi) is 6.72. The fourth-order valence-corrected chi connectivity index (χ4v) is 2.11. The van der Waals surface area contributed by atoms with E-state index < -0.39 is 5.97 Å². The smallest absolute Gasteiger partial charge is 0.335 e. The normalized spacial score (nSPS) is 10.2. The van der Waals surface area contributed by atoms with Gasteiger partial charge in [0.05, 0.1) is 12.2 Å². The van der Waals surface area contributed by atoms with Crippen LogP contribution in [0.3, 0.4) is 0 Å². The lowest BCUT2D eigenvalue weighted by Crippen LogP contribution is -2.30. The van der Waals surface area contributed by atoms with Gasteiger partial charge in [0.1, 0.15) is 5.75 Å². The summed E-state index contributed by atoms with van der Waals surface area (Å²) in [5.41, 5.74) is 0.943. The van der Waals surface area contributed by atoms with Crippen LogP contribution in [0.4, 0.5) is 0 Å². The van der Waals surface area contributed by atoms with Crippen molar-refractivity contribution in [3.05, 3.63) is 29.3 Å². The van der Waals surface area contributed by atoms with Crippen LogP contribution in [0, 0.1) is 6.92 Å². The van der Waals surface area contributed by atoms with Crippen molar-refractivity contribution in [3.63, 3.8) is 0 Å². The minimum absolute atomic E-state index is 0.140. The highest BCUT2D eigenvalue weighted by Crippen LogP contribution is 2.17. The van der Waals surface area contributed by atoms with E-state index in [9.17, 15) is 9.59 Å². The van der Waals surface area contributed by atoms with E-state index in [0.717, 1.165) is 13.1 Å². The van der Waals surface area contributed by atoms with Gasteiger partial charge in [-0.3, -0.25) is 4.79 Å². The molecule has 0 bridgehead atoms. The molecule has 5 heteroatoms. The zero-order valence-corrected chi connectivity index (χ0v) is 12.9. The first-order valence-electron chi connectivity index (χ1n) is 7.24. The maximum Gasteiger partial charge on any atom is 0.335 e. The molecule has 0 heterocycles. The molecule has 5 nitrogen and oxygen atoms in total. The highest BCUT2D eigenvalue weighted by molar-refractivity contribution is 5.89. The summed E-state index contributed by atoms with van der Waals surface area (Å²) in [5, 5.41) is 8.95. The molecule has 0 atom stereocenters. The van der Waals surface area contributed by atoms with Gasteiger partial charge in [-0.2, -0.15) is 0 Å². The predicted octanol–water partition coefficient (Wildman–Crippen LogP) is 2.72. The lowest BCUT2D eigenvalue weighted by atomic mass is 10.1. The van der Waals surface area contributed by atoms with Crippen molar-refractivity contribution in [1.82, 2.24) is 4.90 Å². The average molecular weight is 293 g/mol. The van der Waals surface area contributed by atoms with Crippen molar-refractivity contribution >= 4 is 11.9 Å². The van der Waals surface area contributed by atoms with E-state index in [1.807, 2.05) is 13.8 Å². The number of aromatic carboxylic acids is 1. The second-order valence-electron chi connectivity index (χ2n) is 4.80. The number of hydrogen-bond acceptors (Lipinski definition) is 3. The summed E-state index contributed by atoms with van der Waals surface area (Å²) in [7, 11) is 0. The molecule has 0 fully saturated rings. The van der Waals surface area contributed by atoms with Gasteiger partial charge in [-0.15, -0.1) is 0 Å². The first-order chi connectivity index (χ1) is 9.99. The highest BCUT2D eigenvalue weighted by Gasteiger charge is 2.10. The summed E-state index contributed by atoms with van der Waals surface area (Å²) in [5.74, 6) is -0.169. The van der Waals surface area contributed by atoms with Crippen LogP contribution in [0.5, 0.6) is 5.75 Å². The Morgan fingerprint density at radius 2 is 1.90 bits per heavy atom. The van der Waals surface area contributed by atoms with Crippen LogP contribution in [0.2, 0.25) is 0 Å². The number of carboxylic acids is 1. The van der Waals surface area contributed by atoms with Crippen LogP contribution in [-0.4, -0.2) is 41.6 Å². The zero-order chi connectivity index (χ0) is 15.8. The van der Waals surface area contributed by atoms with Crippen LogP contribution >= 0.6 is 0 Å². The van der Waals surface area contributed by atoms with E-state index in [-0.39, 0.29) is 11.5 Å². The van der Waals surface area contributed by atoms with Gasteiger partial charge >= 0.3 is 5.97 Å². The Labute approximate surface area is 125 Å². The van der Waals surface area contributed by atoms with Crippen LogP contribution in [0.1, 0.15) is 42.6 Å². The van der Waals surface area contributed by atoms with Crippen molar-refractivity contribution in [2.45, 2.75) is 33.6 Å². The van der Waals surface area contributed by atoms with E-state index in [1.165, 1.54) is 6.07 Å². The minimum atomic E-state index is -0.941. The molecule has 0 spiro atoms. The number of carbonyl (C=O) groups excluding carboxylic acids is 1. The molecule has 0 aliphatic heterocycles. The summed E-state index contributed by atoms with van der Waals surface area (Å²) >= 11 is 0. The molecule has 1 rings (SSSR count). The summed E-state index contributed by atoms with van der Waals surface area (Å²) in [4.78, 5) is 24.5. The highest BCUT2D eigenvalue weighted by atomic mass is 16.5. The van der Waals surface area contributed by atoms with Gasteiger partial charge in [0.25, 0.3) is 0 Å². The first-order valence-corrected chi connectivity index (χ1v) is 7.24. The molecule has 0 aromatic heterocycles. The Hall–Kier alpha value is -2.04. The summed E-state index contributed by atoms with van der Waals surface area (Å²) in [6.07, 6.45) is 1.11. The number of aryl methyl sites for hydroxylation is 1. The van der Waals surface area contributed by atoms with Gasteiger partial charge in [0.2, 0.25) is 5.91 Å². The largest absolute Gasteiger partial charge is 0.494 e. The SMILES string of the molecule is CCN(CC)C(=O)CCCOc1ccc(C(=O)O)c(C)c1. The Balaban J connectivity index is 2.41. The fraction of sp³-hybridized carbons (Fsp3) is 0.500. The van der Waals surface area contributed by atoms with Gasteiger partial charge < -0.3 is 14.7 Å².